The first-order valence-electron chi connectivity index (χ1n) is 4.61. The lowest BCUT2D eigenvalue weighted by Gasteiger charge is -2.03. The van der Waals surface area contributed by atoms with Crippen LogP contribution in [0.2, 0.25) is 0 Å². The van der Waals surface area contributed by atoms with Crippen LogP contribution in [0.1, 0.15) is 5.56 Å². The van der Waals surface area contributed by atoms with Crippen LogP contribution in [0, 0.1) is 0 Å². The Morgan fingerprint density at radius 2 is 2.27 bits per heavy atom. The van der Waals surface area contributed by atoms with Crippen molar-refractivity contribution in [2.75, 3.05) is 6.54 Å². The van der Waals surface area contributed by atoms with Gasteiger partial charge >= 0.3 is 0 Å². The van der Waals surface area contributed by atoms with Gasteiger partial charge in [-0.05, 0) is 36.4 Å². The Balaban J connectivity index is 2.20. The summed E-state index contributed by atoms with van der Waals surface area (Å²) >= 11 is 1.42. The largest absolute Gasteiger partial charge is 0.440 e. The summed E-state index contributed by atoms with van der Waals surface area (Å²) in [4.78, 5) is 8.32. The third-order valence-electron chi connectivity index (χ3n) is 1.86. The van der Waals surface area contributed by atoms with E-state index in [1.54, 1.807) is 18.7 Å². The minimum atomic E-state index is 0.604. The Labute approximate surface area is 91.9 Å². The standard InChI is InChI=1S/C10H11N3OS/c11-4-3-8-2-1-5-12-9(8)15-10-13-6-7-14-10/h1-2,5-7H,3-4,11H2. The Morgan fingerprint density at radius 1 is 1.33 bits per heavy atom. The number of hydrogen-bond acceptors (Lipinski definition) is 5. The quantitative estimate of drug-likeness (QED) is 0.851. The fraction of sp³-hybridized carbons (Fsp3) is 0.200. The first-order chi connectivity index (χ1) is 7.40. The van der Waals surface area contributed by atoms with Gasteiger partial charge in [0.2, 0.25) is 0 Å². The molecule has 2 heterocycles. The van der Waals surface area contributed by atoms with Crippen LogP contribution in [-0.2, 0) is 6.42 Å². The third kappa shape index (κ3) is 2.57. The molecule has 5 heteroatoms. The molecule has 0 aromatic carbocycles. The van der Waals surface area contributed by atoms with Crippen molar-refractivity contribution in [1.82, 2.24) is 9.97 Å². The monoisotopic (exact) mass is 221 g/mol. The van der Waals surface area contributed by atoms with Crippen LogP contribution in [0.25, 0.3) is 0 Å². The Morgan fingerprint density at radius 3 is 3.00 bits per heavy atom. The predicted molar refractivity (Wildman–Crippen MR) is 57.6 cm³/mol. The van der Waals surface area contributed by atoms with Crippen LogP contribution < -0.4 is 5.73 Å². The first-order valence-corrected chi connectivity index (χ1v) is 5.43. The highest BCUT2D eigenvalue weighted by Gasteiger charge is 2.07. The van der Waals surface area contributed by atoms with Crippen molar-refractivity contribution in [3.63, 3.8) is 0 Å². The van der Waals surface area contributed by atoms with Crippen molar-refractivity contribution in [1.29, 1.82) is 0 Å². The molecule has 0 saturated heterocycles. The van der Waals surface area contributed by atoms with Crippen molar-refractivity contribution in [3.8, 4) is 0 Å². The zero-order chi connectivity index (χ0) is 10.5. The van der Waals surface area contributed by atoms with Crippen LogP contribution in [-0.4, -0.2) is 16.5 Å². The molecule has 0 spiro atoms. The van der Waals surface area contributed by atoms with Gasteiger partial charge in [0, 0.05) is 6.20 Å². The zero-order valence-corrected chi connectivity index (χ0v) is 8.91. The van der Waals surface area contributed by atoms with Gasteiger partial charge in [0.25, 0.3) is 5.22 Å². The highest BCUT2D eigenvalue weighted by molar-refractivity contribution is 7.99. The number of aromatic nitrogens is 2. The number of hydrogen-bond donors (Lipinski definition) is 1. The highest BCUT2D eigenvalue weighted by atomic mass is 32.2. The second-order valence-electron chi connectivity index (χ2n) is 2.91. The molecule has 15 heavy (non-hydrogen) atoms. The van der Waals surface area contributed by atoms with E-state index in [-0.39, 0.29) is 0 Å². The normalized spacial score (nSPS) is 10.5. The van der Waals surface area contributed by atoms with E-state index in [9.17, 15) is 0 Å². The maximum absolute atomic E-state index is 5.53. The summed E-state index contributed by atoms with van der Waals surface area (Å²) in [7, 11) is 0. The first kappa shape index (κ1) is 10.2. The van der Waals surface area contributed by atoms with Gasteiger partial charge in [-0.1, -0.05) is 6.07 Å². The van der Waals surface area contributed by atoms with E-state index in [4.69, 9.17) is 10.2 Å². The zero-order valence-electron chi connectivity index (χ0n) is 8.09. The topological polar surface area (TPSA) is 64.9 Å². The molecule has 0 radical (unpaired) electrons. The van der Waals surface area contributed by atoms with E-state index >= 15 is 0 Å². The fourth-order valence-electron chi connectivity index (χ4n) is 1.21. The maximum atomic E-state index is 5.53. The molecule has 2 aromatic rings. The third-order valence-corrected chi connectivity index (χ3v) is 2.79. The molecule has 0 atom stereocenters. The molecule has 0 aliphatic heterocycles. The minimum absolute atomic E-state index is 0.604. The van der Waals surface area contributed by atoms with E-state index in [2.05, 4.69) is 9.97 Å². The molecular formula is C10H11N3OS. The van der Waals surface area contributed by atoms with Crippen LogP contribution >= 0.6 is 11.8 Å². The van der Waals surface area contributed by atoms with E-state index in [1.807, 2.05) is 12.1 Å². The number of nitrogens with zero attached hydrogens (tertiary/aromatic N) is 2. The molecule has 0 amide bonds. The SMILES string of the molecule is NCCc1cccnc1Sc1ncco1. The number of nitrogens with two attached hydrogens (primary N) is 1. The van der Waals surface area contributed by atoms with Gasteiger partial charge in [-0.2, -0.15) is 0 Å². The molecule has 0 bridgehead atoms. The average molecular weight is 221 g/mol. The number of pyridine rings is 1. The van der Waals surface area contributed by atoms with E-state index < -0.39 is 0 Å². The molecule has 78 valence electrons. The molecule has 4 nitrogen and oxygen atoms in total. The smallest absolute Gasteiger partial charge is 0.261 e. The summed E-state index contributed by atoms with van der Waals surface area (Å²) in [5.74, 6) is 0. The molecule has 0 saturated carbocycles. The second-order valence-corrected chi connectivity index (χ2v) is 3.85. The van der Waals surface area contributed by atoms with Gasteiger partial charge in [0.15, 0.2) is 0 Å². The number of rotatable bonds is 4. The van der Waals surface area contributed by atoms with Gasteiger partial charge in [0.05, 0.1) is 6.20 Å². The van der Waals surface area contributed by atoms with Gasteiger partial charge in [-0.15, -0.1) is 0 Å². The Bertz CT molecular complexity index is 416. The summed E-state index contributed by atoms with van der Waals surface area (Å²) in [5.41, 5.74) is 6.65. The van der Waals surface area contributed by atoms with Crippen LogP contribution in [0.3, 0.4) is 0 Å². The molecule has 0 aliphatic rings. The molecule has 0 fully saturated rings. The van der Waals surface area contributed by atoms with Crippen molar-refractivity contribution >= 4 is 11.8 Å². The number of oxazole rings is 1. The van der Waals surface area contributed by atoms with Crippen molar-refractivity contribution < 1.29 is 4.42 Å². The summed E-state index contributed by atoms with van der Waals surface area (Å²) in [6.07, 6.45) is 5.74. The Hall–Kier alpha value is -1.33. The molecule has 2 aromatic heterocycles. The van der Waals surface area contributed by atoms with E-state index in [1.165, 1.54) is 11.8 Å². The lowest BCUT2D eigenvalue weighted by molar-refractivity contribution is 0.454. The lowest BCUT2D eigenvalue weighted by atomic mass is 10.2. The molecular weight excluding hydrogens is 210 g/mol. The average Bonchev–Trinajstić information content (AvgIpc) is 2.74. The minimum Gasteiger partial charge on any atom is -0.440 e. The summed E-state index contributed by atoms with van der Waals surface area (Å²) in [6, 6.07) is 3.93. The van der Waals surface area contributed by atoms with E-state index in [0.717, 1.165) is 17.0 Å². The van der Waals surface area contributed by atoms with Crippen molar-refractivity contribution in [2.45, 2.75) is 16.7 Å². The van der Waals surface area contributed by atoms with Gasteiger partial charge < -0.3 is 10.2 Å². The summed E-state index contributed by atoms with van der Waals surface area (Å²) in [6.45, 7) is 0.616. The summed E-state index contributed by atoms with van der Waals surface area (Å²) in [5, 5.41) is 1.51. The Kier molecular flexibility index (Phi) is 3.37. The van der Waals surface area contributed by atoms with Crippen molar-refractivity contribution in [3.05, 3.63) is 36.4 Å². The molecule has 0 unspecified atom stereocenters. The van der Waals surface area contributed by atoms with Gasteiger partial charge in [-0.25, -0.2) is 9.97 Å². The highest BCUT2D eigenvalue weighted by Crippen LogP contribution is 2.26. The maximum Gasteiger partial charge on any atom is 0.261 e. The predicted octanol–water partition coefficient (Wildman–Crippen LogP) is 1.72. The lowest BCUT2D eigenvalue weighted by Crippen LogP contribution is -2.04. The second kappa shape index (κ2) is 4.95. The van der Waals surface area contributed by atoms with E-state index in [0.29, 0.717) is 11.8 Å². The van der Waals surface area contributed by atoms with Gasteiger partial charge in [0.1, 0.15) is 11.3 Å². The molecule has 0 aliphatic carbocycles. The van der Waals surface area contributed by atoms with Crippen LogP contribution in [0.15, 0.2) is 45.5 Å². The van der Waals surface area contributed by atoms with Crippen LogP contribution in [0.5, 0.6) is 0 Å². The van der Waals surface area contributed by atoms with Crippen LogP contribution in [0.4, 0.5) is 0 Å². The van der Waals surface area contributed by atoms with Crippen molar-refractivity contribution in [2.24, 2.45) is 5.73 Å². The van der Waals surface area contributed by atoms with Gasteiger partial charge in [-0.3, -0.25) is 0 Å². The fourth-order valence-corrected chi connectivity index (χ4v) is 2.00. The summed E-state index contributed by atoms with van der Waals surface area (Å²) < 4.78 is 5.15. The molecule has 2 N–H and O–H groups in total. The molecule has 2 rings (SSSR count).